The highest BCUT2D eigenvalue weighted by Crippen LogP contribution is 2.28. The molecular formula is C21H17ClN2O4. The Bertz CT molecular complexity index is 1010. The number of ether oxygens (including phenoxy) is 1. The molecule has 142 valence electrons. The number of halogens is 1. The number of para-hydroxylation sites is 1. The highest BCUT2D eigenvalue weighted by Gasteiger charge is 2.15. The number of carbonyl (C=O) groups is 2. The van der Waals surface area contributed by atoms with Crippen molar-refractivity contribution in [2.24, 2.45) is 0 Å². The van der Waals surface area contributed by atoms with E-state index >= 15 is 0 Å². The average Bonchev–Trinajstić information content (AvgIpc) is 3.20. The lowest BCUT2D eigenvalue weighted by Gasteiger charge is -2.13. The molecule has 2 aromatic carbocycles. The summed E-state index contributed by atoms with van der Waals surface area (Å²) >= 11 is 6.00. The quantitative estimate of drug-likeness (QED) is 0.584. The molecular weight excluding hydrogens is 380 g/mol. The first-order chi connectivity index (χ1) is 13.6. The van der Waals surface area contributed by atoms with Gasteiger partial charge >= 0.3 is 0 Å². The predicted octanol–water partition coefficient (Wildman–Crippen LogP) is 4.85. The van der Waals surface area contributed by atoms with Crippen LogP contribution in [-0.2, 0) is 4.79 Å². The zero-order chi connectivity index (χ0) is 19.9. The summed E-state index contributed by atoms with van der Waals surface area (Å²) < 4.78 is 10.4. The van der Waals surface area contributed by atoms with Crippen molar-refractivity contribution >= 4 is 40.9 Å². The van der Waals surface area contributed by atoms with Crippen LogP contribution in [0.15, 0.2) is 71.4 Å². The summed E-state index contributed by atoms with van der Waals surface area (Å²) in [7, 11) is 1.50. The third-order valence-electron chi connectivity index (χ3n) is 3.78. The Morgan fingerprint density at radius 3 is 2.61 bits per heavy atom. The van der Waals surface area contributed by atoms with Crippen molar-refractivity contribution in [2.45, 2.75) is 0 Å². The highest BCUT2D eigenvalue weighted by molar-refractivity contribution is 6.31. The fourth-order valence-electron chi connectivity index (χ4n) is 2.48. The molecule has 0 fully saturated rings. The fourth-order valence-corrected chi connectivity index (χ4v) is 2.65. The molecule has 1 aromatic heterocycles. The Kier molecular flexibility index (Phi) is 6.14. The number of nitrogens with one attached hydrogen (secondary N) is 2. The number of amides is 2. The van der Waals surface area contributed by atoms with Crippen molar-refractivity contribution in [3.63, 3.8) is 0 Å². The van der Waals surface area contributed by atoms with E-state index in [0.29, 0.717) is 33.5 Å². The molecule has 0 spiro atoms. The van der Waals surface area contributed by atoms with E-state index in [0.717, 1.165) is 0 Å². The van der Waals surface area contributed by atoms with Gasteiger partial charge < -0.3 is 19.8 Å². The molecule has 2 N–H and O–H groups in total. The largest absolute Gasteiger partial charge is 0.495 e. The van der Waals surface area contributed by atoms with Crippen molar-refractivity contribution in [2.75, 3.05) is 17.7 Å². The summed E-state index contributed by atoms with van der Waals surface area (Å²) in [5.41, 5.74) is 1.10. The van der Waals surface area contributed by atoms with Crippen molar-refractivity contribution in [1.29, 1.82) is 0 Å². The van der Waals surface area contributed by atoms with Gasteiger partial charge in [-0.15, -0.1) is 0 Å². The molecule has 0 radical (unpaired) electrons. The minimum atomic E-state index is -0.411. The monoisotopic (exact) mass is 396 g/mol. The predicted molar refractivity (Wildman–Crippen MR) is 109 cm³/mol. The van der Waals surface area contributed by atoms with Crippen LogP contribution in [0.1, 0.15) is 16.1 Å². The van der Waals surface area contributed by atoms with Gasteiger partial charge in [0.1, 0.15) is 11.5 Å². The summed E-state index contributed by atoms with van der Waals surface area (Å²) in [5, 5.41) is 5.91. The van der Waals surface area contributed by atoms with Crippen LogP contribution >= 0.6 is 11.6 Å². The topological polar surface area (TPSA) is 80.6 Å². The molecule has 7 heteroatoms. The van der Waals surface area contributed by atoms with Gasteiger partial charge in [0.2, 0.25) is 5.91 Å². The van der Waals surface area contributed by atoms with Crippen LogP contribution in [0.2, 0.25) is 5.02 Å². The first-order valence-corrected chi connectivity index (χ1v) is 8.71. The molecule has 0 saturated carbocycles. The number of hydrogen-bond acceptors (Lipinski definition) is 4. The average molecular weight is 397 g/mol. The minimum absolute atomic E-state index is 0.296. The lowest BCUT2D eigenvalue weighted by atomic mass is 10.1. The van der Waals surface area contributed by atoms with E-state index in [1.54, 1.807) is 54.6 Å². The first-order valence-electron chi connectivity index (χ1n) is 8.33. The summed E-state index contributed by atoms with van der Waals surface area (Å²) in [6, 6.07) is 15.0. The Hall–Kier alpha value is -3.51. The normalized spacial score (nSPS) is 10.6. The maximum Gasteiger partial charge on any atom is 0.257 e. The van der Waals surface area contributed by atoms with Crippen LogP contribution in [0.25, 0.3) is 6.08 Å². The number of methoxy groups -OCH3 is 1. The fraction of sp³-hybridized carbons (Fsp3) is 0.0476. The molecule has 3 rings (SSSR count). The molecule has 0 atom stereocenters. The third kappa shape index (κ3) is 4.81. The van der Waals surface area contributed by atoms with E-state index in [9.17, 15) is 9.59 Å². The van der Waals surface area contributed by atoms with Crippen LogP contribution in [-0.4, -0.2) is 18.9 Å². The number of benzene rings is 2. The van der Waals surface area contributed by atoms with Crippen LogP contribution in [0, 0.1) is 0 Å². The third-order valence-corrected chi connectivity index (χ3v) is 4.02. The molecule has 0 unspecified atom stereocenters. The first kappa shape index (κ1) is 19.3. The van der Waals surface area contributed by atoms with Crippen molar-refractivity contribution in [3.8, 4) is 5.75 Å². The second-order valence-electron chi connectivity index (χ2n) is 5.68. The van der Waals surface area contributed by atoms with Gasteiger partial charge in [0, 0.05) is 11.1 Å². The Morgan fingerprint density at radius 2 is 1.86 bits per heavy atom. The lowest BCUT2D eigenvalue weighted by molar-refractivity contribution is -0.111. The molecule has 2 amide bonds. The molecule has 0 aliphatic carbocycles. The van der Waals surface area contributed by atoms with E-state index < -0.39 is 11.8 Å². The van der Waals surface area contributed by atoms with E-state index in [1.807, 2.05) is 0 Å². The van der Waals surface area contributed by atoms with E-state index in [2.05, 4.69) is 10.6 Å². The molecule has 3 aromatic rings. The van der Waals surface area contributed by atoms with Gasteiger partial charge in [0.15, 0.2) is 0 Å². The number of furan rings is 1. The number of carbonyl (C=O) groups excluding carboxylic acids is 2. The molecule has 6 nitrogen and oxygen atoms in total. The summed E-state index contributed by atoms with van der Waals surface area (Å²) in [6.07, 6.45) is 4.38. The van der Waals surface area contributed by atoms with Gasteiger partial charge in [0.25, 0.3) is 5.91 Å². The highest BCUT2D eigenvalue weighted by atomic mass is 35.5. The summed E-state index contributed by atoms with van der Waals surface area (Å²) in [5.74, 6) is 0.221. The van der Waals surface area contributed by atoms with Crippen LogP contribution in [0.3, 0.4) is 0 Å². The Morgan fingerprint density at radius 1 is 1.04 bits per heavy atom. The van der Waals surface area contributed by atoms with Gasteiger partial charge in [-0.3, -0.25) is 9.59 Å². The summed E-state index contributed by atoms with van der Waals surface area (Å²) in [4.78, 5) is 24.9. The van der Waals surface area contributed by atoms with Gasteiger partial charge in [-0.2, -0.15) is 0 Å². The molecule has 0 bridgehead atoms. The SMILES string of the molecule is COc1ccc(Cl)cc1NC(=O)c1ccccc1NC(=O)C=Cc1ccco1. The Labute approximate surface area is 166 Å². The zero-order valence-electron chi connectivity index (χ0n) is 14.9. The van der Waals surface area contributed by atoms with Gasteiger partial charge in [-0.25, -0.2) is 0 Å². The minimum Gasteiger partial charge on any atom is -0.495 e. The summed E-state index contributed by atoms with van der Waals surface area (Å²) in [6.45, 7) is 0. The van der Waals surface area contributed by atoms with E-state index in [4.69, 9.17) is 20.8 Å². The number of anilines is 2. The maximum absolute atomic E-state index is 12.7. The molecule has 1 heterocycles. The van der Waals surface area contributed by atoms with Crippen LogP contribution < -0.4 is 15.4 Å². The van der Waals surface area contributed by atoms with Crippen LogP contribution in [0.4, 0.5) is 11.4 Å². The second-order valence-corrected chi connectivity index (χ2v) is 6.12. The standard InChI is InChI=1S/C21H17ClN2O4/c1-27-19-10-8-14(22)13-18(19)24-21(26)16-6-2-3-7-17(16)23-20(25)11-9-15-5-4-12-28-15/h2-13H,1H3,(H,23,25)(H,24,26). The van der Waals surface area contributed by atoms with Gasteiger partial charge in [0.05, 0.1) is 30.3 Å². The maximum atomic E-state index is 12.7. The zero-order valence-corrected chi connectivity index (χ0v) is 15.7. The second kappa shape index (κ2) is 8.92. The number of rotatable bonds is 6. The molecule has 28 heavy (non-hydrogen) atoms. The van der Waals surface area contributed by atoms with Gasteiger partial charge in [-0.05, 0) is 48.5 Å². The van der Waals surface area contributed by atoms with E-state index in [1.165, 1.54) is 25.5 Å². The van der Waals surface area contributed by atoms with Crippen LogP contribution in [0.5, 0.6) is 5.75 Å². The molecule has 0 saturated heterocycles. The smallest absolute Gasteiger partial charge is 0.257 e. The lowest BCUT2D eigenvalue weighted by Crippen LogP contribution is -2.17. The van der Waals surface area contributed by atoms with Crippen molar-refractivity contribution < 1.29 is 18.7 Å². The Balaban J connectivity index is 1.77. The molecule has 0 aliphatic rings. The van der Waals surface area contributed by atoms with Crippen molar-refractivity contribution in [1.82, 2.24) is 0 Å². The number of hydrogen-bond donors (Lipinski definition) is 2. The molecule has 0 aliphatic heterocycles. The van der Waals surface area contributed by atoms with Crippen molar-refractivity contribution in [3.05, 3.63) is 83.3 Å². The van der Waals surface area contributed by atoms with Gasteiger partial charge in [-0.1, -0.05) is 23.7 Å². The van der Waals surface area contributed by atoms with E-state index in [-0.39, 0.29) is 0 Å².